The SMILES string of the molecule is CCCCc1ccc(OCC(=O)N/N=C\c2ccccc2OCc2cccc(Br)c2)cc1. The second-order valence-electron chi connectivity index (χ2n) is 7.29. The molecular formula is C26H27BrN2O3. The first-order chi connectivity index (χ1) is 15.6. The van der Waals surface area contributed by atoms with Gasteiger partial charge in [-0.25, -0.2) is 5.43 Å². The molecule has 6 heteroatoms. The van der Waals surface area contributed by atoms with Crippen LogP contribution in [0.4, 0.5) is 0 Å². The predicted octanol–water partition coefficient (Wildman–Crippen LogP) is 5.90. The molecule has 0 bridgehead atoms. The summed E-state index contributed by atoms with van der Waals surface area (Å²) in [7, 11) is 0. The van der Waals surface area contributed by atoms with Gasteiger partial charge in [-0.05, 0) is 60.4 Å². The van der Waals surface area contributed by atoms with Crippen molar-refractivity contribution in [3.8, 4) is 11.5 Å². The first-order valence-electron chi connectivity index (χ1n) is 10.6. The van der Waals surface area contributed by atoms with E-state index in [1.54, 1.807) is 6.21 Å². The second-order valence-corrected chi connectivity index (χ2v) is 8.20. The average molecular weight is 495 g/mol. The van der Waals surface area contributed by atoms with Gasteiger partial charge >= 0.3 is 0 Å². The predicted molar refractivity (Wildman–Crippen MR) is 131 cm³/mol. The Hall–Kier alpha value is -3.12. The Kier molecular flexibility index (Phi) is 9.32. The highest BCUT2D eigenvalue weighted by Gasteiger charge is 2.04. The van der Waals surface area contributed by atoms with Crippen molar-refractivity contribution in [3.05, 3.63) is 94.0 Å². The van der Waals surface area contributed by atoms with E-state index in [2.05, 4.69) is 33.4 Å². The maximum atomic E-state index is 12.1. The molecule has 0 saturated carbocycles. The highest BCUT2D eigenvalue weighted by atomic mass is 79.9. The highest BCUT2D eigenvalue weighted by molar-refractivity contribution is 9.10. The van der Waals surface area contributed by atoms with Crippen molar-refractivity contribution < 1.29 is 14.3 Å². The number of nitrogens with zero attached hydrogens (tertiary/aromatic N) is 1. The zero-order chi connectivity index (χ0) is 22.6. The minimum absolute atomic E-state index is 0.104. The van der Waals surface area contributed by atoms with Crippen molar-refractivity contribution in [1.29, 1.82) is 0 Å². The van der Waals surface area contributed by atoms with Gasteiger partial charge in [-0.1, -0.05) is 65.7 Å². The molecule has 3 aromatic rings. The lowest BCUT2D eigenvalue weighted by Crippen LogP contribution is -2.24. The van der Waals surface area contributed by atoms with E-state index in [4.69, 9.17) is 9.47 Å². The van der Waals surface area contributed by atoms with Gasteiger partial charge in [0.15, 0.2) is 6.61 Å². The molecule has 0 aliphatic rings. The Balaban J connectivity index is 1.47. The van der Waals surface area contributed by atoms with Gasteiger partial charge in [0, 0.05) is 10.0 Å². The number of benzene rings is 3. The number of hydrogen-bond acceptors (Lipinski definition) is 4. The van der Waals surface area contributed by atoms with E-state index in [1.165, 1.54) is 18.4 Å². The summed E-state index contributed by atoms with van der Waals surface area (Å²) in [5.74, 6) is 1.02. The van der Waals surface area contributed by atoms with Crippen molar-refractivity contribution in [1.82, 2.24) is 5.43 Å². The quantitative estimate of drug-likeness (QED) is 0.266. The largest absolute Gasteiger partial charge is 0.488 e. The molecule has 0 unspecified atom stereocenters. The van der Waals surface area contributed by atoms with Gasteiger partial charge in [-0.15, -0.1) is 0 Å². The van der Waals surface area contributed by atoms with E-state index in [-0.39, 0.29) is 12.5 Å². The number of hydrogen-bond donors (Lipinski definition) is 1. The molecule has 5 nitrogen and oxygen atoms in total. The summed E-state index contributed by atoms with van der Waals surface area (Å²) in [6.07, 6.45) is 4.95. The highest BCUT2D eigenvalue weighted by Crippen LogP contribution is 2.19. The number of carbonyl (C=O) groups is 1. The smallest absolute Gasteiger partial charge is 0.277 e. The Morgan fingerprint density at radius 3 is 2.59 bits per heavy atom. The first kappa shape index (κ1) is 23.5. The molecule has 0 spiro atoms. The van der Waals surface area contributed by atoms with Crippen LogP contribution in [0.2, 0.25) is 0 Å². The van der Waals surface area contributed by atoms with Crippen molar-refractivity contribution in [2.24, 2.45) is 5.10 Å². The Morgan fingerprint density at radius 2 is 1.81 bits per heavy atom. The molecule has 32 heavy (non-hydrogen) atoms. The van der Waals surface area contributed by atoms with Crippen molar-refractivity contribution >= 4 is 28.1 Å². The minimum Gasteiger partial charge on any atom is -0.488 e. The van der Waals surface area contributed by atoms with Crippen LogP contribution in [-0.4, -0.2) is 18.7 Å². The van der Waals surface area contributed by atoms with Crippen LogP contribution in [0.5, 0.6) is 11.5 Å². The van der Waals surface area contributed by atoms with Gasteiger partial charge < -0.3 is 9.47 Å². The number of unbranched alkanes of at least 4 members (excludes halogenated alkanes) is 1. The van der Waals surface area contributed by atoms with Crippen LogP contribution in [0.15, 0.2) is 82.4 Å². The van der Waals surface area contributed by atoms with Gasteiger partial charge in [0.25, 0.3) is 5.91 Å². The molecular weight excluding hydrogens is 468 g/mol. The van der Waals surface area contributed by atoms with Crippen LogP contribution in [0, 0.1) is 0 Å². The third-order valence-corrected chi connectivity index (χ3v) is 5.20. The molecule has 0 saturated heterocycles. The van der Waals surface area contributed by atoms with Crippen LogP contribution in [-0.2, 0) is 17.8 Å². The van der Waals surface area contributed by atoms with E-state index in [9.17, 15) is 4.79 Å². The number of amides is 1. The van der Waals surface area contributed by atoms with Crippen LogP contribution < -0.4 is 14.9 Å². The van der Waals surface area contributed by atoms with Crippen LogP contribution in [0.25, 0.3) is 0 Å². The third-order valence-electron chi connectivity index (χ3n) is 4.71. The number of halogens is 1. The van der Waals surface area contributed by atoms with Crippen molar-refractivity contribution in [3.63, 3.8) is 0 Å². The van der Waals surface area contributed by atoms with Crippen LogP contribution in [0.1, 0.15) is 36.5 Å². The van der Waals surface area contributed by atoms with E-state index < -0.39 is 0 Å². The molecule has 0 radical (unpaired) electrons. The fourth-order valence-corrected chi connectivity index (χ4v) is 3.44. The number of hydrazone groups is 1. The van der Waals surface area contributed by atoms with Gasteiger partial charge in [0.05, 0.1) is 6.21 Å². The Labute approximate surface area is 197 Å². The fraction of sp³-hybridized carbons (Fsp3) is 0.231. The maximum Gasteiger partial charge on any atom is 0.277 e. The summed E-state index contributed by atoms with van der Waals surface area (Å²) in [5.41, 5.74) is 5.59. The number of ether oxygens (including phenoxy) is 2. The molecule has 0 aliphatic carbocycles. The molecule has 0 aliphatic heterocycles. The van der Waals surface area contributed by atoms with Crippen LogP contribution >= 0.6 is 15.9 Å². The normalized spacial score (nSPS) is 10.8. The summed E-state index contributed by atoms with van der Waals surface area (Å²) >= 11 is 3.46. The lowest BCUT2D eigenvalue weighted by atomic mass is 10.1. The third kappa shape index (κ3) is 7.85. The molecule has 0 fully saturated rings. The summed E-state index contributed by atoms with van der Waals surface area (Å²) in [6.45, 7) is 2.50. The van der Waals surface area contributed by atoms with Gasteiger partial charge in [-0.2, -0.15) is 5.10 Å². The Bertz CT molecular complexity index is 1040. The second kappa shape index (κ2) is 12.7. The standard InChI is InChI=1S/C26H27BrN2O3/c1-2-3-7-20-12-14-24(15-13-20)31-19-26(30)29-28-17-22-9-4-5-11-25(22)32-18-21-8-6-10-23(27)16-21/h4-6,8-17H,2-3,7,18-19H2,1H3,(H,29,30)/b28-17-. The maximum absolute atomic E-state index is 12.1. The topological polar surface area (TPSA) is 59.9 Å². The number of nitrogens with one attached hydrogen (secondary N) is 1. The summed E-state index contributed by atoms with van der Waals surface area (Å²) in [6, 6.07) is 23.3. The molecule has 0 heterocycles. The van der Waals surface area contributed by atoms with E-state index >= 15 is 0 Å². The lowest BCUT2D eigenvalue weighted by Gasteiger charge is -2.09. The molecule has 3 rings (SSSR count). The lowest BCUT2D eigenvalue weighted by molar-refractivity contribution is -0.123. The molecule has 0 atom stereocenters. The van der Waals surface area contributed by atoms with Crippen molar-refractivity contribution in [2.75, 3.05) is 6.61 Å². The number of para-hydroxylation sites is 1. The van der Waals surface area contributed by atoms with Gasteiger partial charge in [0.1, 0.15) is 18.1 Å². The summed E-state index contributed by atoms with van der Waals surface area (Å²) in [4.78, 5) is 12.1. The van der Waals surface area contributed by atoms with E-state index in [0.29, 0.717) is 18.1 Å². The number of carbonyl (C=O) groups excluding carboxylic acids is 1. The molecule has 3 aromatic carbocycles. The molecule has 1 N–H and O–H groups in total. The van der Waals surface area contributed by atoms with Crippen molar-refractivity contribution in [2.45, 2.75) is 32.8 Å². The molecule has 166 valence electrons. The number of aryl methyl sites for hydroxylation is 1. The Morgan fingerprint density at radius 1 is 1.00 bits per heavy atom. The van der Waals surface area contributed by atoms with E-state index in [1.807, 2.05) is 72.8 Å². The zero-order valence-electron chi connectivity index (χ0n) is 18.1. The monoisotopic (exact) mass is 494 g/mol. The summed E-state index contributed by atoms with van der Waals surface area (Å²) < 4.78 is 12.5. The average Bonchev–Trinajstić information content (AvgIpc) is 2.81. The number of rotatable bonds is 11. The van der Waals surface area contributed by atoms with Crippen LogP contribution in [0.3, 0.4) is 0 Å². The zero-order valence-corrected chi connectivity index (χ0v) is 19.7. The molecule has 1 amide bonds. The van der Waals surface area contributed by atoms with Gasteiger partial charge in [0.2, 0.25) is 0 Å². The molecule has 0 aromatic heterocycles. The van der Waals surface area contributed by atoms with Gasteiger partial charge in [-0.3, -0.25) is 4.79 Å². The first-order valence-corrected chi connectivity index (χ1v) is 11.4. The minimum atomic E-state index is -0.330. The summed E-state index contributed by atoms with van der Waals surface area (Å²) in [5, 5.41) is 4.04. The fourth-order valence-electron chi connectivity index (χ4n) is 2.99. The van der Waals surface area contributed by atoms with E-state index in [0.717, 1.165) is 22.0 Å².